The van der Waals surface area contributed by atoms with E-state index in [0.717, 1.165) is 6.07 Å². The molecule has 0 aliphatic rings. The summed E-state index contributed by atoms with van der Waals surface area (Å²) in [6, 6.07) is 2.19. The Morgan fingerprint density at radius 2 is 2.00 bits per heavy atom. The molecule has 0 amide bonds. The molecule has 1 N–H and O–H groups in total. The van der Waals surface area contributed by atoms with E-state index in [2.05, 4.69) is 0 Å². The van der Waals surface area contributed by atoms with Crippen molar-refractivity contribution < 1.29 is 13.9 Å². The first-order valence-corrected chi connectivity index (χ1v) is 3.73. The molecule has 0 aliphatic heterocycles. The maximum absolute atomic E-state index is 13.0. The van der Waals surface area contributed by atoms with Crippen LogP contribution in [0.4, 0.5) is 8.78 Å². The van der Waals surface area contributed by atoms with Gasteiger partial charge < -0.3 is 5.11 Å². The molecule has 0 aliphatic carbocycles. The lowest BCUT2D eigenvalue weighted by Crippen LogP contribution is -1.97. The molecule has 0 spiro atoms. The zero-order chi connectivity index (χ0) is 9.30. The molecule has 66 valence electrons. The van der Waals surface area contributed by atoms with Gasteiger partial charge in [0.2, 0.25) is 0 Å². The van der Waals surface area contributed by atoms with Crippen molar-refractivity contribution in [2.75, 3.05) is 0 Å². The number of aliphatic hydroxyl groups excluding tert-OH is 1. The fourth-order valence-electron chi connectivity index (χ4n) is 0.863. The minimum absolute atomic E-state index is 0.00130. The molecular formula is C8H7ClF2O. The van der Waals surface area contributed by atoms with Crippen LogP contribution < -0.4 is 0 Å². The second-order valence-electron chi connectivity index (χ2n) is 2.44. The van der Waals surface area contributed by atoms with E-state index in [0.29, 0.717) is 0 Å². The van der Waals surface area contributed by atoms with Gasteiger partial charge in [0, 0.05) is 5.56 Å². The van der Waals surface area contributed by atoms with Crippen molar-refractivity contribution in [3.8, 4) is 0 Å². The molecule has 0 aromatic heterocycles. The van der Waals surface area contributed by atoms with Crippen LogP contribution >= 0.6 is 11.6 Å². The highest BCUT2D eigenvalue weighted by Gasteiger charge is 2.14. The van der Waals surface area contributed by atoms with Crippen molar-refractivity contribution in [1.29, 1.82) is 0 Å². The van der Waals surface area contributed by atoms with E-state index in [9.17, 15) is 8.78 Å². The topological polar surface area (TPSA) is 20.2 Å². The summed E-state index contributed by atoms with van der Waals surface area (Å²) in [7, 11) is 0. The Balaban J connectivity index is 3.27. The predicted molar refractivity (Wildman–Crippen MR) is 42.0 cm³/mol. The van der Waals surface area contributed by atoms with E-state index in [1.165, 1.54) is 13.0 Å². The molecule has 1 aromatic carbocycles. The molecule has 0 saturated carbocycles. The molecule has 0 fully saturated rings. The first kappa shape index (κ1) is 9.42. The molecule has 0 saturated heterocycles. The zero-order valence-electron chi connectivity index (χ0n) is 6.31. The van der Waals surface area contributed by atoms with Gasteiger partial charge in [0.1, 0.15) is 10.8 Å². The van der Waals surface area contributed by atoms with Crippen molar-refractivity contribution in [3.63, 3.8) is 0 Å². The Kier molecular flexibility index (Phi) is 2.65. The van der Waals surface area contributed by atoms with Gasteiger partial charge in [-0.1, -0.05) is 17.7 Å². The monoisotopic (exact) mass is 192 g/mol. The van der Waals surface area contributed by atoms with Crippen LogP contribution in [0.1, 0.15) is 18.6 Å². The second-order valence-corrected chi connectivity index (χ2v) is 2.82. The van der Waals surface area contributed by atoms with Gasteiger partial charge in [0.05, 0.1) is 6.10 Å². The molecule has 0 bridgehead atoms. The lowest BCUT2D eigenvalue weighted by Gasteiger charge is -2.06. The zero-order valence-corrected chi connectivity index (χ0v) is 7.07. The Labute approximate surface area is 73.6 Å². The van der Waals surface area contributed by atoms with E-state index in [1.807, 2.05) is 0 Å². The molecular weight excluding hydrogens is 186 g/mol. The van der Waals surface area contributed by atoms with Crippen molar-refractivity contribution in [3.05, 3.63) is 34.4 Å². The van der Waals surface area contributed by atoms with Gasteiger partial charge in [0.15, 0.2) is 5.82 Å². The molecule has 1 rings (SSSR count). The largest absolute Gasteiger partial charge is 0.389 e. The first-order valence-electron chi connectivity index (χ1n) is 3.35. The Morgan fingerprint density at radius 3 is 2.50 bits per heavy atom. The summed E-state index contributed by atoms with van der Waals surface area (Å²) in [4.78, 5) is 0. The normalized spacial score (nSPS) is 13.1. The number of halogens is 3. The van der Waals surface area contributed by atoms with E-state index in [1.54, 1.807) is 0 Å². The van der Waals surface area contributed by atoms with Crippen molar-refractivity contribution in [2.45, 2.75) is 13.0 Å². The first-order chi connectivity index (χ1) is 5.54. The van der Waals surface area contributed by atoms with E-state index < -0.39 is 22.8 Å². The molecule has 0 unspecified atom stereocenters. The summed E-state index contributed by atoms with van der Waals surface area (Å²) in [6.07, 6.45) is -0.983. The highest BCUT2D eigenvalue weighted by molar-refractivity contribution is 6.30. The van der Waals surface area contributed by atoms with Gasteiger partial charge in [-0.05, 0) is 13.0 Å². The number of benzene rings is 1. The highest BCUT2D eigenvalue weighted by Crippen LogP contribution is 2.25. The third-order valence-corrected chi connectivity index (χ3v) is 1.86. The lowest BCUT2D eigenvalue weighted by molar-refractivity contribution is 0.194. The summed E-state index contributed by atoms with van der Waals surface area (Å²) in [5, 5.41) is 8.42. The second kappa shape index (κ2) is 3.37. The number of rotatable bonds is 1. The Morgan fingerprint density at radius 1 is 1.42 bits per heavy atom. The maximum Gasteiger partial charge on any atom is 0.150 e. The summed E-state index contributed by atoms with van der Waals surface area (Å²) in [5.41, 5.74) is 0.00130. The minimum Gasteiger partial charge on any atom is -0.389 e. The predicted octanol–water partition coefficient (Wildman–Crippen LogP) is 2.67. The highest BCUT2D eigenvalue weighted by atomic mass is 35.5. The maximum atomic E-state index is 13.0. The third-order valence-electron chi connectivity index (χ3n) is 1.52. The molecule has 12 heavy (non-hydrogen) atoms. The van der Waals surface area contributed by atoms with E-state index >= 15 is 0 Å². The Bertz CT molecular complexity index is 299. The van der Waals surface area contributed by atoms with Gasteiger partial charge in [0.25, 0.3) is 0 Å². The van der Waals surface area contributed by atoms with Crippen LogP contribution in [-0.2, 0) is 0 Å². The molecule has 4 heteroatoms. The fraction of sp³-hybridized carbons (Fsp3) is 0.250. The average Bonchev–Trinajstić information content (AvgIpc) is 2.00. The van der Waals surface area contributed by atoms with Crippen molar-refractivity contribution in [2.24, 2.45) is 0 Å². The minimum atomic E-state index is -0.983. The van der Waals surface area contributed by atoms with Crippen molar-refractivity contribution in [1.82, 2.24) is 0 Å². The smallest absolute Gasteiger partial charge is 0.150 e. The quantitative estimate of drug-likeness (QED) is 0.679. The standard InChI is InChI=1S/C8H7ClF2O/c1-4(12)5-2-3-6(10)7(9)8(5)11/h2-4,12H,1H3/t4-/m0/s1. The summed E-state index contributed by atoms with van der Waals surface area (Å²) in [5.74, 6) is -1.72. The van der Waals surface area contributed by atoms with Gasteiger partial charge in [-0.15, -0.1) is 0 Å². The van der Waals surface area contributed by atoms with Gasteiger partial charge in [-0.3, -0.25) is 0 Å². The Hall–Kier alpha value is -0.670. The van der Waals surface area contributed by atoms with Crippen molar-refractivity contribution >= 4 is 11.6 Å². The van der Waals surface area contributed by atoms with Crippen LogP contribution in [0.15, 0.2) is 12.1 Å². The van der Waals surface area contributed by atoms with Crippen LogP contribution in [0.2, 0.25) is 5.02 Å². The average molecular weight is 193 g/mol. The van der Waals surface area contributed by atoms with E-state index in [-0.39, 0.29) is 5.56 Å². The molecule has 0 radical (unpaired) electrons. The molecule has 1 atom stereocenters. The van der Waals surface area contributed by atoms with Crippen LogP contribution in [0.3, 0.4) is 0 Å². The summed E-state index contributed by atoms with van der Waals surface area (Å²) < 4.78 is 25.6. The molecule has 1 nitrogen and oxygen atoms in total. The SMILES string of the molecule is C[C@H](O)c1ccc(F)c(Cl)c1F. The van der Waals surface area contributed by atoms with Crippen LogP contribution in [0, 0.1) is 11.6 Å². The number of hydrogen-bond acceptors (Lipinski definition) is 1. The summed E-state index contributed by atoms with van der Waals surface area (Å²) in [6.45, 7) is 1.38. The lowest BCUT2D eigenvalue weighted by atomic mass is 10.1. The molecule has 0 heterocycles. The van der Waals surface area contributed by atoms with Crippen LogP contribution in [0.25, 0.3) is 0 Å². The number of hydrogen-bond donors (Lipinski definition) is 1. The third kappa shape index (κ3) is 1.57. The van der Waals surface area contributed by atoms with Gasteiger partial charge >= 0.3 is 0 Å². The van der Waals surface area contributed by atoms with Gasteiger partial charge in [-0.25, -0.2) is 8.78 Å². The van der Waals surface area contributed by atoms with Crippen LogP contribution in [0.5, 0.6) is 0 Å². The summed E-state index contributed by atoms with van der Waals surface area (Å²) >= 11 is 5.27. The van der Waals surface area contributed by atoms with E-state index in [4.69, 9.17) is 16.7 Å². The van der Waals surface area contributed by atoms with Crippen LogP contribution in [-0.4, -0.2) is 5.11 Å². The fourth-order valence-corrected chi connectivity index (χ4v) is 1.04. The number of aliphatic hydroxyl groups is 1. The van der Waals surface area contributed by atoms with Gasteiger partial charge in [-0.2, -0.15) is 0 Å². The molecule has 1 aromatic rings.